The number of nitrogens with one attached hydrogen (secondary N) is 1. The lowest BCUT2D eigenvalue weighted by atomic mass is 10.1. The van der Waals surface area contributed by atoms with Crippen LogP contribution in [0.4, 0.5) is 5.69 Å². The quantitative estimate of drug-likeness (QED) is 0.394. The van der Waals surface area contributed by atoms with Crippen LogP contribution in [0.1, 0.15) is 49.8 Å². The Labute approximate surface area is 224 Å². The van der Waals surface area contributed by atoms with E-state index in [0.29, 0.717) is 28.7 Å². The molecule has 1 atom stereocenters. The minimum absolute atomic E-state index is 0.0730. The van der Waals surface area contributed by atoms with E-state index in [9.17, 15) is 18.0 Å². The van der Waals surface area contributed by atoms with Gasteiger partial charge in [-0.2, -0.15) is 0 Å². The topological polar surface area (TPSA) is 86.8 Å². The summed E-state index contributed by atoms with van der Waals surface area (Å²) in [7, 11) is -3.56. The molecule has 10 heteroatoms. The van der Waals surface area contributed by atoms with Gasteiger partial charge in [0.15, 0.2) is 0 Å². The fourth-order valence-electron chi connectivity index (χ4n) is 3.80. The Kier molecular flexibility index (Phi) is 11.1. The Morgan fingerprint density at radius 2 is 1.78 bits per heavy atom. The molecule has 0 aliphatic heterocycles. The van der Waals surface area contributed by atoms with Crippen LogP contribution in [0.15, 0.2) is 36.4 Å². The van der Waals surface area contributed by atoms with Gasteiger partial charge in [-0.3, -0.25) is 13.9 Å². The highest BCUT2D eigenvalue weighted by molar-refractivity contribution is 7.92. The van der Waals surface area contributed by atoms with Crippen LogP contribution in [0.3, 0.4) is 0 Å². The van der Waals surface area contributed by atoms with E-state index >= 15 is 0 Å². The van der Waals surface area contributed by atoms with Crippen LogP contribution in [0.5, 0.6) is 0 Å². The van der Waals surface area contributed by atoms with Crippen LogP contribution >= 0.6 is 23.2 Å². The van der Waals surface area contributed by atoms with Crippen molar-refractivity contribution in [2.24, 2.45) is 0 Å². The van der Waals surface area contributed by atoms with Crippen LogP contribution in [0.2, 0.25) is 10.0 Å². The van der Waals surface area contributed by atoms with Gasteiger partial charge in [0.05, 0.1) is 22.0 Å². The van der Waals surface area contributed by atoms with Crippen molar-refractivity contribution in [2.75, 3.05) is 23.7 Å². The second-order valence-corrected chi connectivity index (χ2v) is 11.6. The first-order chi connectivity index (χ1) is 16.9. The Hall–Kier alpha value is -2.29. The number of anilines is 1. The van der Waals surface area contributed by atoms with Gasteiger partial charge in [0, 0.05) is 26.1 Å². The minimum Gasteiger partial charge on any atom is -0.354 e. The summed E-state index contributed by atoms with van der Waals surface area (Å²) >= 11 is 12.2. The van der Waals surface area contributed by atoms with E-state index in [1.54, 1.807) is 31.2 Å². The van der Waals surface area contributed by atoms with Gasteiger partial charge in [-0.25, -0.2) is 8.42 Å². The molecule has 2 amide bonds. The van der Waals surface area contributed by atoms with E-state index in [1.165, 1.54) is 9.21 Å². The van der Waals surface area contributed by atoms with Crippen molar-refractivity contribution < 1.29 is 18.0 Å². The molecule has 0 radical (unpaired) electrons. The molecule has 2 aromatic carbocycles. The summed E-state index contributed by atoms with van der Waals surface area (Å²) < 4.78 is 26.5. The summed E-state index contributed by atoms with van der Waals surface area (Å²) in [5, 5.41) is 3.60. The normalized spacial score (nSPS) is 12.2. The molecule has 2 rings (SSSR count). The summed E-state index contributed by atoms with van der Waals surface area (Å²) in [6.07, 6.45) is 2.30. The van der Waals surface area contributed by atoms with E-state index in [4.69, 9.17) is 23.2 Å². The van der Waals surface area contributed by atoms with E-state index in [2.05, 4.69) is 5.32 Å². The molecule has 36 heavy (non-hydrogen) atoms. The lowest BCUT2D eigenvalue weighted by Crippen LogP contribution is -2.47. The first-order valence-corrected chi connectivity index (χ1v) is 14.5. The molecule has 0 heterocycles. The number of hydrogen-bond acceptors (Lipinski definition) is 4. The predicted molar refractivity (Wildman–Crippen MR) is 147 cm³/mol. The SMILES string of the molecule is CCCNC(=O)C(C)N(Cc1ccc(Cl)c(Cl)c1)C(=O)CCCN(c1cccc(C)c1C)S(C)(=O)=O. The van der Waals surface area contributed by atoms with Crippen LogP contribution in [-0.4, -0.2) is 50.5 Å². The zero-order valence-corrected chi connectivity index (χ0v) is 23.8. The molecule has 2 aromatic rings. The molecule has 0 saturated heterocycles. The maximum atomic E-state index is 13.3. The van der Waals surface area contributed by atoms with Crippen molar-refractivity contribution in [3.8, 4) is 0 Å². The zero-order chi connectivity index (χ0) is 27.0. The van der Waals surface area contributed by atoms with E-state index in [-0.39, 0.29) is 31.3 Å². The lowest BCUT2D eigenvalue weighted by Gasteiger charge is -2.30. The maximum Gasteiger partial charge on any atom is 0.242 e. The average molecular weight is 557 g/mol. The standard InChI is InChI=1S/C26H35Cl2N3O4S/c1-6-14-29-26(33)20(4)30(17-21-12-13-22(27)23(28)16-21)25(32)11-8-15-31(36(5,34)35)24-10-7-9-18(2)19(24)3/h7,9-10,12-13,16,20H,6,8,11,14-15,17H2,1-5H3,(H,29,33). The summed E-state index contributed by atoms with van der Waals surface area (Å²) in [6.45, 7) is 8.26. The molecular formula is C26H35Cl2N3O4S. The maximum absolute atomic E-state index is 13.3. The Bertz CT molecular complexity index is 1190. The highest BCUT2D eigenvalue weighted by atomic mass is 35.5. The fraction of sp³-hybridized carbons (Fsp3) is 0.462. The number of carbonyl (C=O) groups excluding carboxylic acids is 2. The van der Waals surface area contributed by atoms with E-state index in [0.717, 1.165) is 29.4 Å². The number of aryl methyl sites for hydroxylation is 1. The second-order valence-electron chi connectivity index (χ2n) is 8.89. The molecular weight excluding hydrogens is 521 g/mol. The summed E-state index contributed by atoms with van der Waals surface area (Å²) in [4.78, 5) is 27.5. The van der Waals surface area contributed by atoms with Crippen molar-refractivity contribution in [1.82, 2.24) is 10.2 Å². The van der Waals surface area contributed by atoms with Gasteiger partial charge in [0.25, 0.3) is 0 Å². The van der Waals surface area contributed by atoms with Gasteiger partial charge in [0.2, 0.25) is 21.8 Å². The number of halogens is 2. The number of sulfonamides is 1. The third-order valence-electron chi connectivity index (χ3n) is 6.05. The Morgan fingerprint density at radius 1 is 1.08 bits per heavy atom. The highest BCUT2D eigenvalue weighted by Gasteiger charge is 2.27. The molecule has 1 unspecified atom stereocenters. The van der Waals surface area contributed by atoms with Gasteiger partial charge in [0.1, 0.15) is 6.04 Å². The van der Waals surface area contributed by atoms with E-state index < -0.39 is 16.1 Å². The number of hydrogen-bond donors (Lipinski definition) is 1. The smallest absolute Gasteiger partial charge is 0.242 e. The molecule has 0 saturated carbocycles. The monoisotopic (exact) mass is 555 g/mol. The van der Waals surface area contributed by atoms with E-state index in [1.807, 2.05) is 32.9 Å². The summed E-state index contributed by atoms with van der Waals surface area (Å²) in [5.41, 5.74) is 3.19. The lowest BCUT2D eigenvalue weighted by molar-refractivity contribution is -0.140. The molecule has 198 valence electrons. The first kappa shape index (κ1) is 29.9. The van der Waals surface area contributed by atoms with Crippen LogP contribution in [-0.2, 0) is 26.2 Å². The van der Waals surface area contributed by atoms with Crippen molar-refractivity contribution in [2.45, 2.75) is 59.5 Å². The summed E-state index contributed by atoms with van der Waals surface area (Å²) in [6, 6.07) is 9.87. The third kappa shape index (κ3) is 8.11. The Balaban J connectivity index is 2.21. The molecule has 1 N–H and O–H groups in total. The van der Waals surface area contributed by atoms with Gasteiger partial charge in [-0.1, -0.05) is 48.3 Å². The summed E-state index contributed by atoms with van der Waals surface area (Å²) in [5.74, 6) is -0.506. The van der Waals surface area contributed by atoms with Gasteiger partial charge >= 0.3 is 0 Å². The molecule has 0 spiro atoms. The number of amides is 2. The molecule has 0 aromatic heterocycles. The van der Waals surface area contributed by atoms with Gasteiger partial charge in [-0.15, -0.1) is 0 Å². The molecule has 7 nitrogen and oxygen atoms in total. The predicted octanol–water partition coefficient (Wildman–Crippen LogP) is 5.10. The van der Waals surface area contributed by atoms with Crippen molar-refractivity contribution in [3.05, 3.63) is 63.1 Å². The third-order valence-corrected chi connectivity index (χ3v) is 7.97. The van der Waals surface area contributed by atoms with Crippen LogP contribution in [0, 0.1) is 13.8 Å². The first-order valence-electron chi connectivity index (χ1n) is 11.9. The number of benzene rings is 2. The average Bonchev–Trinajstić information content (AvgIpc) is 2.81. The number of rotatable bonds is 12. The number of carbonyl (C=O) groups is 2. The number of nitrogens with zero attached hydrogens (tertiary/aromatic N) is 2. The highest BCUT2D eigenvalue weighted by Crippen LogP contribution is 2.26. The molecule has 0 aliphatic carbocycles. The zero-order valence-electron chi connectivity index (χ0n) is 21.5. The van der Waals surface area contributed by atoms with Gasteiger partial charge in [-0.05, 0) is 68.5 Å². The molecule has 0 aliphatic rings. The Morgan fingerprint density at radius 3 is 2.39 bits per heavy atom. The molecule has 0 fully saturated rings. The molecule has 0 bridgehead atoms. The van der Waals surface area contributed by atoms with Gasteiger partial charge < -0.3 is 10.2 Å². The van der Waals surface area contributed by atoms with Crippen molar-refractivity contribution in [3.63, 3.8) is 0 Å². The second kappa shape index (κ2) is 13.3. The largest absolute Gasteiger partial charge is 0.354 e. The van der Waals surface area contributed by atoms with Crippen molar-refractivity contribution in [1.29, 1.82) is 0 Å². The fourth-order valence-corrected chi connectivity index (χ4v) is 5.14. The van der Waals surface area contributed by atoms with Crippen LogP contribution in [0.25, 0.3) is 0 Å². The van der Waals surface area contributed by atoms with Crippen molar-refractivity contribution >= 4 is 50.7 Å². The minimum atomic E-state index is -3.56. The van der Waals surface area contributed by atoms with Crippen LogP contribution < -0.4 is 9.62 Å².